The molecule has 7 nitrogen and oxygen atoms in total. The third-order valence-electron chi connectivity index (χ3n) is 5.48. The predicted octanol–water partition coefficient (Wildman–Crippen LogP) is 2.59. The number of piperazine rings is 1. The topological polar surface area (TPSA) is 86.8 Å². The Bertz CT molecular complexity index is 1090. The summed E-state index contributed by atoms with van der Waals surface area (Å²) >= 11 is 5.91. The van der Waals surface area contributed by atoms with E-state index in [1.165, 1.54) is 4.90 Å². The Labute approximate surface area is 188 Å². The number of hydrogen-bond acceptors (Lipinski definition) is 4. The number of sulfonamides is 1. The molecule has 2 aromatic rings. The molecular weight excluding hydrogens is 438 g/mol. The molecule has 2 aromatic carbocycles. The highest BCUT2D eigenvalue weighted by atomic mass is 35.5. The fourth-order valence-corrected chi connectivity index (χ4v) is 4.73. The van der Waals surface area contributed by atoms with Crippen LogP contribution < -0.4 is 10.2 Å². The largest absolute Gasteiger partial charge is 0.350 e. The smallest absolute Gasteiger partial charge is 0.247 e. The second-order valence-electron chi connectivity index (χ2n) is 7.83. The SMILES string of the molecule is CCc1ccccc1N1C(=O)CN(S(C)(=O)=O)C[C@]1(C)C(=O)NCc1ccc(Cl)cc1. The van der Waals surface area contributed by atoms with E-state index in [0.717, 1.165) is 21.7 Å². The Morgan fingerprint density at radius 3 is 2.42 bits per heavy atom. The van der Waals surface area contributed by atoms with E-state index < -0.39 is 27.4 Å². The third-order valence-corrected chi connectivity index (χ3v) is 6.92. The number of nitrogens with zero attached hydrogens (tertiary/aromatic N) is 2. The molecule has 0 bridgehead atoms. The second-order valence-corrected chi connectivity index (χ2v) is 10.2. The number of anilines is 1. The summed E-state index contributed by atoms with van der Waals surface area (Å²) in [5, 5.41) is 3.45. The first-order valence-corrected chi connectivity index (χ1v) is 12.2. The summed E-state index contributed by atoms with van der Waals surface area (Å²) in [4.78, 5) is 28.0. The number of para-hydroxylation sites is 1. The van der Waals surface area contributed by atoms with Crippen molar-refractivity contribution in [2.24, 2.45) is 0 Å². The Hall–Kier alpha value is -2.42. The van der Waals surface area contributed by atoms with Gasteiger partial charge >= 0.3 is 0 Å². The van der Waals surface area contributed by atoms with Gasteiger partial charge in [0, 0.05) is 23.8 Å². The molecule has 0 aromatic heterocycles. The number of halogens is 1. The van der Waals surface area contributed by atoms with Gasteiger partial charge in [-0.2, -0.15) is 4.31 Å². The molecule has 1 saturated heterocycles. The average molecular weight is 464 g/mol. The lowest BCUT2D eigenvalue weighted by atomic mass is 9.93. The van der Waals surface area contributed by atoms with E-state index in [9.17, 15) is 18.0 Å². The first-order chi connectivity index (χ1) is 14.6. The third kappa shape index (κ3) is 4.92. The van der Waals surface area contributed by atoms with Crippen molar-refractivity contribution in [3.05, 3.63) is 64.7 Å². The Kier molecular flexibility index (Phi) is 6.73. The standard InChI is InChI=1S/C22H26ClN3O4S/c1-4-17-7-5-6-8-19(17)26-20(27)14-25(31(3,29)30)15-22(26,2)21(28)24-13-16-9-11-18(23)12-10-16/h5-12H,4,13-15H2,1-3H3,(H,24,28)/t22-/m1/s1. The van der Waals surface area contributed by atoms with Crippen LogP contribution in [0.25, 0.3) is 0 Å². The van der Waals surface area contributed by atoms with Crippen LogP contribution in [0.5, 0.6) is 0 Å². The van der Waals surface area contributed by atoms with Crippen LogP contribution in [-0.2, 0) is 32.6 Å². The van der Waals surface area contributed by atoms with Crippen molar-refractivity contribution in [3.8, 4) is 0 Å². The van der Waals surface area contributed by atoms with Gasteiger partial charge in [-0.1, -0.05) is 48.9 Å². The summed E-state index contributed by atoms with van der Waals surface area (Å²) in [5.41, 5.74) is 0.937. The maximum Gasteiger partial charge on any atom is 0.247 e. The van der Waals surface area contributed by atoms with Crippen molar-refractivity contribution >= 4 is 39.1 Å². The lowest BCUT2D eigenvalue weighted by Gasteiger charge is -2.47. The lowest BCUT2D eigenvalue weighted by Crippen LogP contribution is -2.70. The predicted molar refractivity (Wildman–Crippen MR) is 121 cm³/mol. The van der Waals surface area contributed by atoms with Crippen LogP contribution in [0.4, 0.5) is 5.69 Å². The molecule has 1 aliphatic heterocycles. The van der Waals surface area contributed by atoms with E-state index in [2.05, 4.69) is 5.32 Å². The maximum absolute atomic E-state index is 13.4. The van der Waals surface area contributed by atoms with Gasteiger partial charge in [0.15, 0.2) is 0 Å². The highest BCUT2D eigenvalue weighted by molar-refractivity contribution is 7.88. The molecule has 2 amide bonds. The summed E-state index contributed by atoms with van der Waals surface area (Å²) in [6.07, 6.45) is 1.71. The minimum Gasteiger partial charge on any atom is -0.350 e. The van der Waals surface area contributed by atoms with Crippen LogP contribution in [0.2, 0.25) is 5.02 Å². The molecule has 1 N–H and O–H groups in total. The van der Waals surface area contributed by atoms with E-state index in [1.807, 2.05) is 19.1 Å². The van der Waals surface area contributed by atoms with Crippen LogP contribution in [0.3, 0.4) is 0 Å². The summed E-state index contributed by atoms with van der Waals surface area (Å²) in [7, 11) is -3.67. The van der Waals surface area contributed by atoms with Crippen LogP contribution in [0.15, 0.2) is 48.5 Å². The zero-order valence-corrected chi connectivity index (χ0v) is 19.3. The van der Waals surface area contributed by atoms with Crippen molar-refractivity contribution in [1.82, 2.24) is 9.62 Å². The van der Waals surface area contributed by atoms with Crippen LogP contribution in [-0.4, -0.2) is 49.4 Å². The van der Waals surface area contributed by atoms with Crippen molar-refractivity contribution in [3.63, 3.8) is 0 Å². The van der Waals surface area contributed by atoms with Gasteiger partial charge in [-0.3, -0.25) is 14.5 Å². The van der Waals surface area contributed by atoms with Gasteiger partial charge in [0.25, 0.3) is 0 Å². The van der Waals surface area contributed by atoms with Crippen LogP contribution >= 0.6 is 11.6 Å². The van der Waals surface area contributed by atoms with E-state index in [0.29, 0.717) is 17.1 Å². The van der Waals surface area contributed by atoms with Gasteiger partial charge in [0.05, 0.1) is 12.8 Å². The van der Waals surface area contributed by atoms with Crippen molar-refractivity contribution < 1.29 is 18.0 Å². The number of aryl methyl sites for hydroxylation is 1. The van der Waals surface area contributed by atoms with E-state index in [1.54, 1.807) is 43.3 Å². The number of carbonyl (C=O) groups is 2. The van der Waals surface area contributed by atoms with Gasteiger partial charge in [-0.15, -0.1) is 0 Å². The minimum atomic E-state index is -3.67. The van der Waals surface area contributed by atoms with Gasteiger partial charge < -0.3 is 5.32 Å². The summed E-state index contributed by atoms with van der Waals surface area (Å²) in [6, 6.07) is 14.4. The van der Waals surface area contributed by atoms with Crippen molar-refractivity contribution in [2.45, 2.75) is 32.4 Å². The average Bonchev–Trinajstić information content (AvgIpc) is 2.72. The zero-order valence-electron chi connectivity index (χ0n) is 17.8. The number of rotatable bonds is 6. The van der Waals surface area contributed by atoms with Crippen molar-refractivity contribution in [1.29, 1.82) is 0 Å². The van der Waals surface area contributed by atoms with Crippen LogP contribution in [0, 0.1) is 0 Å². The van der Waals surface area contributed by atoms with E-state index in [-0.39, 0.29) is 19.6 Å². The number of nitrogens with one attached hydrogen (secondary N) is 1. The molecule has 31 heavy (non-hydrogen) atoms. The highest BCUT2D eigenvalue weighted by Gasteiger charge is 2.50. The molecule has 0 aliphatic carbocycles. The molecule has 166 valence electrons. The molecular formula is C22H26ClN3O4S. The van der Waals surface area contributed by atoms with Crippen molar-refractivity contribution in [2.75, 3.05) is 24.2 Å². The molecule has 1 atom stereocenters. The molecule has 0 saturated carbocycles. The summed E-state index contributed by atoms with van der Waals surface area (Å²) in [5.74, 6) is -0.878. The summed E-state index contributed by atoms with van der Waals surface area (Å²) < 4.78 is 25.5. The molecule has 0 spiro atoms. The fraction of sp³-hybridized carbons (Fsp3) is 0.364. The molecule has 3 rings (SSSR count). The first kappa shape index (κ1) is 23.2. The number of benzene rings is 2. The quantitative estimate of drug-likeness (QED) is 0.713. The van der Waals surface area contributed by atoms with Crippen LogP contribution in [0.1, 0.15) is 25.0 Å². The fourth-order valence-electron chi connectivity index (χ4n) is 3.78. The maximum atomic E-state index is 13.4. The normalized spacial score (nSPS) is 20.0. The highest BCUT2D eigenvalue weighted by Crippen LogP contribution is 2.33. The Morgan fingerprint density at radius 1 is 1.16 bits per heavy atom. The Balaban J connectivity index is 1.98. The van der Waals surface area contributed by atoms with Gasteiger partial charge in [-0.05, 0) is 42.7 Å². The van der Waals surface area contributed by atoms with E-state index >= 15 is 0 Å². The first-order valence-electron chi connectivity index (χ1n) is 9.95. The van der Waals surface area contributed by atoms with Gasteiger partial charge in [-0.25, -0.2) is 8.42 Å². The van der Waals surface area contributed by atoms with E-state index in [4.69, 9.17) is 11.6 Å². The number of carbonyl (C=O) groups excluding carboxylic acids is 2. The molecule has 9 heteroatoms. The number of amides is 2. The lowest BCUT2D eigenvalue weighted by molar-refractivity contribution is -0.133. The molecule has 1 aliphatic rings. The molecule has 0 radical (unpaired) electrons. The molecule has 1 fully saturated rings. The Morgan fingerprint density at radius 2 is 1.81 bits per heavy atom. The van der Waals surface area contributed by atoms with Gasteiger partial charge in [0.1, 0.15) is 5.54 Å². The monoisotopic (exact) mass is 463 g/mol. The molecule has 1 heterocycles. The summed E-state index contributed by atoms with van der Waals surface area (Å²) in [6.45, 7) is 3.35. The van der Waals surface area contributed by atoms with Gasteiger partial charge in [0.2, 0.25) is 21.8 Å². The molecule has 0 unspecified atom stereocenters. The zero-order chi connectivity index (χ0) is 22.8. The minimum absolute atomic E-state index is 0.137. The second kappa shape index (κ2) is 8.98. The number of hydrogen-bond donors (Lipinski definition) is 1.